The minimum Gasteiger partial charge on any atom is -0.634 e. The highest BCUT2D eigenvalue weighted by molar-refractivity contribution is 5.12. The highest BCUT2D eigenvalue weighted by atomic mass is 19.1. The second kappa shape index (κ2) is 8.22. The molecule has 0 radical (unpaired) electrons. The van der Waals surface area contributed by atoms with Gasteiger partial charge in [-0.25, -0.2) is 9.07 Å². The lowest BCUT2D eigenvalue weighted by atomic mass is 10.1. The molecule has 0 saturated heterocycles. The molecule has 7 N–H and O–H groups in total. The van der Waals surface area contributed by atoms with Crippen molar-refractivity contribution in [3.63, 3.8) is 0 Å². The predicted molar refractivity (Wildman–Crippen MR) is 76.8 cm³/mol. The number of quaternary nitrogens is 1. The maximum Gasteiger partial charge on any atom is 0.137 e. The molecule has 1 rings (SSSR count). The minimum atomic E-state index is -1.11. The number of hydrogen-bond acceptors (Lipinski definition) is 6. The van der Waals surface area contributed by atoms with Crippen molar-refractivity contribution in [2.24, 2.45) is 17.2 Å². The van der Waals surface area contributed by atoms with E-state index in [1.165, 1.54) is 17.8 Å². The maximum atomic E-state index is 13.8. The summed E-state index contributed by atoms with van der Waals surface area (Å²) in [6.07, 6.45) is 4.13. The molecule has 2 unspecified atom stereocenters. The minimum absolute atomic E-state index is 0.0102. The van der Waals surface area contributed by atoms with Crippen molar-refractivity contribution in [3.8, 4) is 0 Å². The van der Waals surface area contributed by atoms with Crippen LogP contribution in [0.3, 0.4) is 0 Å². The summed E-state index contributed by atoms with van der Waals surface area (Å²) in [5.41, 5.74) is 17.2. The Morgan fingerprint density at radius 1 is 1.48 bits per heavy atom. The van der Waals surface area contributed by atoms with Crippen LogP contribution in [0.2, 0.25) is 0 Å². The largest absolute Gasteiger partial charge is 0.634 e. The summed E-state index contributed by atoms with van der Waals surface area (Å²) < 4.78 is 15.2. The Balaban J connectivity index is 2.40. The smallest absolute Gasteiger partial charge is 0.137 e. The van der Waals surface area contributed by atoms with Crippen molar-refractivity contribution in [2.75, 3.05) is 7.05 Å². The van der Waals surface area contributed by atoms with E-state index in [2.05, 4.69) is 10.3 Å². The molecule has 9 heteroatoms. The molecule has 0 aromatic carbocycles. The van der Waals surface area contributed by atoms with Crippen LogP contribution in [0.4, 0.5) is 4.39 Å². The van der Waals surface area contributed by atoms with Gasteiger partial charge in [0.05, 0.1) is 25.6 Å². The molecule has 0 aliphatic carbocycles. The van der Waals surface area contributed by atoms with Crippen molar-refractivity contribution >= 4 is 0 Å². The highest BCUT2D eigenvalue weighted by Crippen LogP contribution is 2.08. The molecular weight excluding hydrogens is 277 g/mol. The summed E-state index contributed by atoms with van der Waals surface area (Å²) in [5.74, 6) is 0.148. The molecular formula is C12H22FN7O. The summed E-state index contributed by atoms with van der Waals surface area (Å²) in [6.45, 7) is 0.284. The molecule has 8 nitrogen and oxygen atoms in total. The van der Waals surface area contributed by atoms with Gasteiger partial charge in [-0.15, -0.1) is 5.10 Å². The zero-order valence-corrected chi connectivity index (χ0v) is 12.0. The van der Waals surface area contributed by atoms with Crippen LogP contribution in [-0.4, -0.2) is 28.2 Å². The number of rotatable bonds is 8. The molecule has 118 valence electrons. The van der Waals surface area contributed by atoms with Crippen molar-refractivity contribution < 1.29 is 9.45 Å². The van der Waals surface area contributed by atoms with Gasteiger partial charge in [0.25, 0.3) is 0 Å². The number of alkyl halides is 1. The van der Waals surface area contributed by atoms with Crippen LogP contribution in [0, 0.1) is 5.21 Å². The van der Waals surface area contributed by atoms with E-state index in [0.717, 1.165) is 0 Å². The number of allylic oxidation sites excluding steroid dienone is 3. The van der Waals surface area contributed by atoms with Gasteiger partial charge in [-0.3, -0.25) is 0 Å². The van der Waals surface area contributed by atoms with Crippen LogP contribution in [0.5, 0.6) is 0 Å². The van der Waals surface area contributed by atoms with Crippen molar-refractivity contribution in [2.45, 2.75) is 32.1 Å². The van der Waals surface area contributed by atoms with Crippen LogP contribution < -0.4 is 22.3 Å². The van der Waals surface area contributed by atoms with Crippen molar-refractivity contribution in [1.82, 2.24) is 15.0 Å². The summed E-state index contributed by atoms with van der Waals surface area (Å²) in [7, 11) is 1.47. The van der Waals surface area contributed by atoms with E-state index in [9.17, 15) is 9.60 Å². The second-order valence-corrected chi connectivity index (χ2v) is 4.85. The fourth-order valence-electron chi connectivity index (χ4n) is 1.67. The maximum absolute atomic E-state index is 13.8. The van der Waals surface area contributed by atoms with Gasteiger partial charge in [-0.2, -0.15) is 0 Å². The third kappa shape index (κ3) is 7.28. The normalized spacial score (nSPS) is 14.7. The molecule has 0 aliphatic rings. The average Bonchev–Trinajstić information content (AvgIpc) is 2.80. The fraction of sp³-hybridized carbons (Fsp3) is 0.500. The quantitative estimate of drug-likeness (QED) is 0.341. The third-order valence-corrected chi connectivity index (χ3v) is 2.64. The van der Waals surface area contributed by atoms with E-state index in [1.54, 1.807) is 12.3 Å². The van der Waals surface area contributed by atoms with Crippen LogP contribution >= 0.6 is 0 Å². The number of hydroxylamine groups is 2. The molecule has 1 heterocycles. The van der Waals surface area contributed by atoms with Gasteiger partial charge in [0.15, 0.2) is 0 Å². The van der Waals surface area contributed by atoms with Gasteiger partial charge in [0.1, 0.15) is 18.4 Å². The topological polar surface area (TPSA) is 136 Å². The van der Waals surface area contributed by atoms with Crippen molar-refractivity contribution in [3.05, 3.63) is 40.8 Å². The third-order valence-electron chi connectivity index (χ3n) is 2.64. The van der Waals surface area contributed by atoms with E-state index in [4.69, 9.17) is 17.2 Å². The Hall–Kier alpha value is -2.13. The van der Waals surface area contributed by atoms with E-state index in [-0.39, 0.29) is 30.4 Å². The Morgan fingerprint density at radius 3 is 2.81 bits per heavy atom. The Bertz CT molecular complexity index is 494. The lowest BCUT2D eigenvalue weighted by Gasteiger charge is -2.13. The van der Waals surface area contributed by atoms with Gasteiger partial charge in [0, 0.05) is 5.70 Å². The van der Waals surface area contributed by atoms with Crippen molar-refractivity contribution in [1.29, 1.82) is 0 Å². The van der Waals surface area contributed by atoms with Gasteiger partial charge in [0.2, 0.25) is 0 Å². The van der Waals surface area contributed by atoms with Gasteiger partial charge < -0.3 is 27.5 Å². The Labute approximate surface area is 122 Å². The Kier molecular flexibility index (Phi) is 6.63. The lowest BCUT2D eigenvalue weighted by molar-refractivity contribution is -0.841. The second-order valence-electron chi connectivity index (χ2n) is 4.85. The zero-order valence-electron chi connectivity index (χ0n) is 12.0. The Morgan fingerprint density at radius 2 is 2.19 bits per heavy atom. The van der Waals surface area contributed by atoms with E-state index in [0.29, 0.717) is 17.8 Å². The predicted octanol–water partition coefficient (Wildman–Crippen LogP) is -1.49. The monoisotopic (exact) mass is 299 g/mol. The van der Waals surface area contributed by atoms with Gasteiger partial charge in [-0.1, -0.05) is 5.21 Å². The summed E-state index contributed by atoms with van der Waals surface area (Å²) >= 11 is 0. The molecule has 2 atom stereocenters. The lowest BCUT2D eigenvalue weighted by Crippen LogP contribution is -3.02. The number of halogens is 1. The van der Waals surface area contributed by atoms with Gasteiger partial charge in [-0.05, 0) is 25.0 Å². The molecule has 0 spiro atoms. The number of nitrogens with one attached hydrogen (secondary N) is 1. The van der Waals surface area contributed by atoms with E-state index < -0.39 is 6.17 Å². The fourth-order valence-corrected chi connectivity index (χ4v) is 1.67. The molecule has 1 aromatic rings. The van der Waals surface area contributed by atoms with E-state index >= 15 is 0 Å². The summed E-state index contributed by atoms with van der Waals surface area (Å²) in [5, 5.41) is 18.5. The van der Waals surface area contributed by atoms with Gasteiger partial charge >= 0.3 is 0 Å². The molecule has 0 bridgehead atoms. The van der Waals surface area contributed by atoms with Crippen LogP contribution in [0.15, 0.2) is 29.9 Å². The zero-order chi connectivity index (χ0) is 15.8. The van der Waals surface area contributed by atoms with Crippen LogP contribution in [0.1, 0.15) is 18.5 Å². The first kappa shape index (κ1) is 16.9. The summed E-state index contributed by atoms with van der Waals surface area (Å²) in [4.78, 5) is 0. The first-order chi connectivity index (χ1) is 9.86. The number of hydrogen-bond donors (Lipinski definition) is 4. The average molecular weight is 299 g/mol. The molecule has 0 saturated carbocycles. The molecule has 0 amide bonds. The number of aromatic nitrogens is 3. The van der Waals surface area contributed by atoms with Crippen LogP contribution in [0.25, 0.3) is 0 Å². The first-order valence-corrected chi connectivity index (χ1v) is 6.56. The SMILES string of the molecule is C[NH+]([O-])Cc1cn(CC(F)CC/C(N)=C/C=C(N)N)nn1. The summed E-state index contributed by atoms with van der Waals surface area (Å²) in [6, 6.07) is 0. The molecule has 21 heavy (non-hydrogen) atoms. The number of nitrogens with zero attached hydrogens (tertiary/aromatic N) is 3. The van der Waals surface area contributed by atoms with Crippen LogP contribution in [-0.2, 0) is 13.1 Å². The van der Waals surface area contributed by atoms with E-state index in [1.807, 2.05) is 0 Å². The first-order valence-electron chi connectivity index (χ1n) is 6.56. The number of nitrogens with two attached hydrogens (primary N) is 3. The molecule has 0 fully saturated rings. The standard InChI is InChI=1S/C12H22FN7O/c1-19(21)7-11-8-20(18-17-11)6-9(13)2-3-10(14)4-5-12(15)16/h4-5,8-9,19H,2-3,6-7,14-16H2,1H3/b10-4-. The molecule has 1 aromatic heterocycles. The highest BCUT2D eigenvalue weighted by Gasteiger charge is 2.10. The molecule has 0 aliphatic heterocycles.